The average Bonchev–Trinajstić information content (AvgIpc) is 2.34. The van der Waals surface area contributed by atoms with Gasteiger partial charge in [-0.1, -0.05) is 40.0 Å². The van der Waals surface area contributed by atoms with Crippen LogP contribution in [0.3, 0.4) is 0 Å². The number of ether oxygens (including phenoxy) is 2. The van der Waals surface area contributed by atoms with Gasteiger partial charge in [0, 0.05) is 0 Å². The van der Waals surface area contributed by atoms with E-state index in [9.17, 15) is 9.59 Å². The predicted molar refractivity (Wildman–Crippen MR) is 70.1 cm³/mol. The second-order valence-corrected chi connectivity index (χ2v) is 4.63. The highest BCUT2D eigenvalue weighted by atomic mass is 16.6. The summed E-state index contributed by atoms with van der Waals surface area (Å²) in [6.45, 7) is 7.07. The van der Waals surface area contributed by atoms with Crippen molar-refractivity contribution in [2.45, 2.75) is 59.3 Å². The van der Waals surface area contributed by atoms with Crippen LogP contribution in [0.5, 0.6) is 0 Å². The molecule has 0 aliphatic heterocycles. The molecule has 0 aromatic rings. The molecule has 0 bridgehead atoms. The molecule has 1 unspecified atom stereocenters. The maximum atomic E-state index is 11.3. The van der Waals surface area contributed by atoms with E-state index in [4.69, 9.17) is 9.47 Å². The van der Waals surface area contributed by atoms with E-state index in [-0.39, 0.29) is 6.42 Å². The summed E-state index contributed by atoms with van der Waals surface area (Å²) in [5.74, 6) is -0.433. The summed E-state index contributed by atoms with van der Waals surface area (Å²) in [5, 5.41) is 0. The second kappa shape index (κ2) is 11.1. The Bertz CT molecular complexity index is 238. The molecule has 0 saturated carbocycles. The van der Waals surface area contributed by atoms with Crippen LogP contribution in [0.1, 0.15) is 59.3 Å². The molecule has 0 rings (SSSR count). The van der Waals surface area contributed by atoms with Gasteiger partial charge in [0.15, 0.2) is 0 Å². The van der Waals surface area contributed by atoms with E-state index in [2.05, 4.69) is 20.8 Å². The predicted octanol–water partition coefficient (Wildman–Crippen LogP) is 3.09. The molecule has 0 radical (unpaired) electrons. The first kappa shape index (κ1) is 16.9. The highest BCUT2D eigenvalue weighted by Crippen LogP contribution is 2.06. The smallest absolute Gasteiger partial charge is 0.317 e. The lowest BCUT2D eigenvalue weighted by Gasteiger charge is -2.09. The van der Waals surface area contributed by atoms with Crippen molar-refractivity contribution >= 4 is 11.9 Å². The first-order valence-corrected chi connectivity index (χ1v) is 6.91. The van der Waals surface area contributed by atoms with Crippen LogP contribution in [-0.4, -0.2) is 25.2 Å². The van der Waals surface area contributed by atoms with Crippen LogP contribution in [0.25, 0.3) is 0 Å². The zero-order chi connectivity index (χ0) is 13.8. The summed E-state index contributed by atoms with van der Waals surface area (Å²) in [6.07, 6.45) is 4.60. The Balaban J connectivity index is 3.52. The van der Waals surface area contributed by atoms with E-state index in [0.29, 0.717) is 19.1 Å². The Morgan fingerprint density at radius 1 is 1.00 bits per heavy atom. The summed E-state index contributed by atoms with van der Waals surface area (Å²) in [5.41, 5.74) is 0. The SMILES string of the molecule is CCCCCOC(=O)CC(=O)OCCC(C)CC. The average molecular weight is 258 g/mol. The van der Waals surface area contributed by atoms with Crippen LogP contribution in [0.2, 0.25) is 0 Å². The van der Waals surface area contributed by atoms with Gasteiger partial charge in [-0.05, 0) is 18.8 Å². The minimum Gasteiger partial charge on any atom is -0.465 e. The molecule has 0 amide bonds. The Morgan fingerprint density at radius 3 is 2.17 bits per heavy atom. The fraction of sp³-hybridized carbons (Fsp3) is 0.857. The minimum absolute atomic E-state index is 0.271. The molecule has 0 aromatic carbocycles. The molecule has 0 fully saturated rings. The van der Waals surface area contributed by atoms with Crippen molar-refractivity contribution in [3.63, 3.8) is 0 Å². The van der Waals surface area contributed by atoms with Crippen molar-refractivity contribution in [3.05, 3.63) is 0 Å². The summed E-state index contributed by atoms with van der Waals surface area (Å²) in [7, 11) is 0. The fourth-order valence-electron chi connectivity index (χ4n) is 1.34. The molecule has 1 atom stereocenters. The van der Waals surface area contributed by atoms with Crippen LogP contribution in [0.4, 0.5) is 0 Å². The molecule has 0 heterocycles. The largest absolute Gasteiger partial charge is 0.465 e. The van der Waals surface area contributed by atoms with Gasteiger partial charge in [-0.15, -0.1) is 0 Å². The Morgan fingerprint density at radius 2 is 1.61 bits per heavy atom. The van der Waals surface area contributed by atoms with E-state index in [1.54, 1.807) is 0 Å². The molecule has 18 heavy (non-hydrogen) atoms. The summed E-state index contributed by atoms with van der Waals surface area (Å²) < 4.78 is 9.90. The topological polar surface area (TPSA) is 52.6 Å². The molecular formula is C14H26O4. The highest BCUT2D eigenvalue weighted by molar-refractivity contribution is 5.91. The molecule has 4 nitrogen and oxygen atoms in total. The van der Waals surface area contributed by atoms with Gasteiger partial charge in [-0.2, -0.15) is 0 Å². The normalized spacial score (nSPS) is 11.9. The number of hydrogen-bond donors (Lipinski definition) is 0. The molecule has 0 spiro atoms. The lowest BCUT2D eigenvalue weighted by molar-refractivity contribution is -0.154. The number of esters is 2. The van der Waals surface area contributed by atoms with Crippen LogP contribution < -0.4 is 0 Å². The van der Waals surface area contributed by atoms with E-state index in [0.717, 1.165) is 32.1 Å². The fourth-order valence-corrected chi connectivity index (χ4v) is 1.34. The van der Waals surface area contributed by atoms with Crippen molar-refractivity contribution in [2.24, 2.45) is 5.92 Å². The van der Waals surface area contributed by atoms with Gasteiger partial charge >= 0.3 is 11.9 Å². The van der Waals surface area contributed by atoms with Crippen LogP contribution in [0, 0.1) is 5.92 Å². The van der Waals surface area contributed by atoms with Crippen molar-refractivity contribution in [1.82, 2.24) is 0 Å². The molecule has 106 valence electrons. The van der Waals surface area contributed by atoms with E-state index < -0.39 is 11.9 Å². The molecular weight excluding hydrogens is 232 g/mol. The quantitative estimate of drug-likeness (QED) is 0.343. The van der Waals surface area contributed by atoms with E-state index in [1.807, 2.05) is 0 Å². The third-order valence-electron chi connectivity index (χ3n) is 2.87. The van der Waals surface area contributed by atoms with Gasteiger partial charge in [0.2, 0.25) is 0 Å². The minimum atomic E-state index is -0.487. The lowest BCUT2D eigenvalue weighted by atomic mass is 10.1. The highest BCUT2D eigenvalue weighted by Gasteiger charge is 2.12. The maximum Gasteiger partial charge on any atom is 0.317 e. The van der Waals surface area contributed by atoms with Gasteiger partial charge in [-0.25, -0.2) is 0 Å². The Hall–Kier alpha value is -1.06. The van der Waals surface area contributed by atoms with E-state index >= 15 is 0 Å². The lowest BCUT2D eigenvalue weighted by Crippen LogP contribution is -2.15. The molecule has 4 heteroatoms. The molecule has 0 aliphatic rings. The molecule has 0 N–H and O–H groups in total. The molecule has 0 saturated heterocycles. The second-order valence-electron chi connectivity index (χ2n) is 4.63. The van der Waals surface area contributed by atoms with Crippen molar-refractivity contribution in [3.8, 4) is 0 Å². The first-order valence-electron chi connectivity index (χ1n) is 6.91. The van der Waals surface area contributed by atoms with Crippen molar-refractivity contribution in [1.29, 1.82) is 0 Å². The van der Waals surface area contributed by atoms with Crippen molar-refractivity contribution < 1.29 is 19.1 Å². The number of unbranched alkanes of at least 4 members (excludes halogenated alkanes) is 2. The number of carbonyl (C=O) groups is 2. The number of hydrogen-bond acceptors (Lipinski definition) is 4. The van der Waals surface area contributed by atoms with Crippen LogP contribution >= 0.6 is 0 Å². The zero-order valence-electron chi connectivity index (χ0n) is 11.9. The van der Waals surface area contributed by atoms with Gasteiger partial charge in [0.25, 0.3) is 0 Å². The van der Waals surface area contributed by atoms with Gasteiger partial charge in [0.1, 0.15) is 6.42 Å². The summed E-state index contributed by atoms with van der Waals surface area (Å²) in [4.78, 5) is 22.5. The van der Waals surface area contributed by atoms with Gasteiger partial charge in [-0.3, -0.25) is 9.59 Å². The van der Waals surface area contributed by atoms with Crippen molar-refractivity contribution in [2.75, 3.05) is 13.2 Å². The Labute approximate surface area is 110 Å². The van der Waals surface area contributed by atoms with Crippen LogP contribution in [-0.2, 0) is 19.1 Å². The molecule has 0 aliphatic carbocycles. The zero-order valence-corrected chi connectivity index (χ0v) is 11.9. The van der Waals surface area contributed by atoms with Gasteiger partial charge < -0.3 is 9.47 Å². The first-order chi connectivity index (χ1) is 8.60. The maximum absolute atomic E-state index is 11.3. The monoisotopic (exact) mass is 258 g/mol. The third kappa shape index (κ3) is 10.1. The van der Waals surface area contributed by atoms with Crippen LogP contribution in [0.15, 0.2) is 0 Å². The summed E-state index contributed by atoms with van der Waals surface area (Å²) in [6, 6.07) is 0. The number of carbonyl (C=O) groups excluding carboxylic acids is 2. The standard InChI is InChI=1S/C14H26O4/c1-4-6-7-9-17-13(15)11-14(16)18-10-8-12(3)5-2/h12H,4-11H2,1-3H3. The molecule has 0 aromatic heterocycles. The Kier molecular flexibility index (Phi) is 10.4. The van der Waals surface area contributed by atoms with Gasteiger partial charge in [0.05, 0.1) is 13.2 Å². The number of rotatable bonds is 10. The van der Waals surface area contributed by atoms with E-state index in [1.165, 1.54) is 0 Å². The third-order valence-corrected chi connectivity index (χ3v) is 2.87. The summed E-state index contributed by atoms with van der Waals surface area (Å²) >= 11 is 0.